The van der Waals surface area contributed by atoms with Crippen molar-refractivity contribution >= 4 is 10.9 Å². The van der Waals surface area contributed by atoms with Crippen LogP contribution in [0, 0.1) is 6.92 Å². The van der Waals surface area contributed by atoms with E-state index in [1.54, 1.807) is 23.0 Å². The Balaban J connectivity index is 0.00000253. The highest BCUT2D eigenvalue weighted by molar-refractivity contribution is 5.88. The molecule has 1 fully saturated rings. The standard InChI is InChI=1S/C28H30N4O2.CH4/c1-19-6-7-20(17-29-19)18-34-22-10-14-32(27(33)16-22)21-8-9-23-26(15-21)30(2)24-11-13-31-12-4-3-5-25(31)28(23)24;/h6-10,14-17,25H,3-5,11-13,18H2,1-2H3;1H4. The van der Waals surface area contributed by atoms with Crippen LogP contribution in [0.3, 0.4) is 0 Å². The van der Waals surface area contributed by atoms with Gasteiger partial charge in [-0.2, -0.15) is 0 Å². The molecule has 6 nitrogen and oxygen atoms in total. The fraction of sp³-hybridized carbons (Fsp3) is 0.379. The van der Waals surface area contributed by atoms with E-state index < -0.39 is 0 Å². The van der Waals surface area contributed by atoms with E-state index in [4.69, 9.17) is 4.74 Å². The lowest BCUT2D eigenvalue weighted by molar-refractivity contribution is 0.138. The number of rotatable bonds is 4. The Kier molecular flexibility index (Phi) is 6.24. The summed E-state index contributed by atoms with van der Waals surface area (Å²) in [5, 5.41) is 1.33. The molecule has 182 valence electrons. The Bertz CT molecular complexity index is 1420. The second kappa shape index (κ2) is 9.34. The van der Waals surface area contributed by atoms with Gasteiger partial charge in [-0.25, -0.2) is 0 Å². The van der Waals surface area contributed by atoms with Crippen molar-refractivity contribution in [2.24, 2.45) is 7.05 Å². The Morgan fingerprint density at radius 1 is 1.09 bits per heavy atom. The minimum absolute atomic E-state index is 0. The molecule has 0 aliphatic carbocycles. The summed E-state index contributed by atoms with van der Waals surface area (Å²) >= 11 is 0. The molecule has 0 bridgehead atoms. The molecule has 4 aromatic rings. The maximum Gasteiger partial charge on any atom is 0.258 e. The van der Waals surface area contributed by atoms with Crippen molar-refractivity contribution in [2.45, 2.75) is 52.7 Å². The number of hydrogen-bond acceptors (Lipinski definition) is 4. The van der Waals surface area contributed by atoms with Crippen LogP contribution < -0.4 is 10.3 Å². The summed E-state index contributed by atoms with van der Waals surface area (Å²) in [5.41, 5.74) is 6.90. The lowest BCUT2D eigenvalue weighted by atomic mass is 9.89. The minimum atomic E-state index is -0.101. The van der Waals surface area contributed by atoms with E-state index in [2.05, 4.69) is 39.7 Å². The van der Waals surface area contributed by atoms with Crippen LogP contribution in [0.1, 0.15) is 55.2 Å². The SMILES string of the molecule is C.Cc1ccc(COc2ccn(-c3ccc4c5c(n(C)c4c3)CCN3CCCCC53)c(=O)c2)cn1. The summed E-state index contributed by atoms with van der Waals surface area (Å²) in [6.07, 6.45) is 8.56. The first kappa shape index (κ1) is 23.4. The molecule has 6 heteroatoms. The van der Waals surface area contributed by atoms with E-state index >= 15 is 0 Å². The molecule has 0 radical (unpaired) electrons. The average Bonchev–Trinajstić information content (AvgIpc) is 3.15. The Labute approximate surface area is 206 Å². The maximum atomic E-state index is 13.0. The predicted molar refractivity (Wildman–Crippen MR) is 140 cm³/mol. The molecule has 1 aromatic carbocycles. The van der Waals surface area contributed by atoms with Crippen LogP contribution in [-0.2, 0) is 20.1 Å². The van der Waals surface area contributed by atoms with Crippen LogP contribution in [0.4, 0.5) is 0 Å². The molecule has 0 spiro atoms. The summed E-state index contributed by atoms with van der Waals surface area (Å²) in [6, 6.07) is 14.3. The number of hydrogen-bond donors (Lipinski definition) is 0. The van der Waals surface area contributed by atoms with Crippen molar-refractivity contribution in [3.8, 4) is 11.4 Å². The van der Waals surface area contributed by atoms with Crippen molar-refractivity contribution in [1.82, 2.24) is 19.0 Å². The summed E-state index contributed by atoms with van der Waals surface area (Å²) in [5.74, 6) is 0.564. The van der Waals surface area contributed by atoms with Crippen LogP contribution >= 0.6 is 0 Å². The van der Waals surface area contributed by atoms with Gasteiger partial charge >= 0.3 is 0 Å². The highest BCUT2D eigenvalue weighted by Crippen LogP contribution is 2.42. The third kappa shape index (κ3) is 4.16. The van der Waals surface area contributed by atoms with E-state index in [0.29, 0.717) is 18.4 Å². The molecule has 35 heavy (non-hydrogen) atoms. The second-order valence-corrected chi connectivity index (χ2v) is 9.59. The van der Waals surface area contributed by atoms with Gasteiger partial charge in [0, 0.05) is 66.9 Å². The van der Waals surface area contributed by atoms with Gasteiger partial charge in [0.25, 0.3) is 5.56 Å². The quantitative estimate of drug-likeness (QED) is 0.405. The number of benzene rings is 1. The lowest BCUT2D eigenvalue weighted by Crippen LogP contribution is -2.38. The van der Waals surface area contributed by atoms with Crippen molar-refractivity contribution in [2.75, 3.05) is 13.1 Å². The van der Waals surface area contributed by atoms with Gasteiger partial charge in [0.05, 0.1) is 11.2 Å². The van der Waals surface area contributed by atoms with Gasteiger partial charge in [-0.3, -0.25) is 19.2 Å². The van der Waals surface area contributed by atoms with Gasteiger partial charge in [-0.1, -0.05) is 26.0 Å². The smallest absolute Gasteiger partial charge is 0.258 e. The zero-order valence-electron chi connectivity index (χ0n) is 19.8. The normalized spacial score (nSPS) is 17.5. The molecule has 3 aromatic heterocycles. The summed E-state index contributed by atoms with van der Waals surface area (Å²) in [7, 11) is 2.17. The van der Waals surface area contributed by atoms with E-state index in [1.165, 1.54) is 48.0 Å². The zero-order valence-corrected chi connectivity index (χ0v) is 19.8. The molecule has 2 aliphatic rings. The molecule has 5 heterocycles. The molecule has 1 atom stereocenters. The number of pyridine rings is 2. The van der Waals surface area contributed by atoms with Crippen molar-refractivity contribution in [1.29, 1.82) is 0 Å². The Morgan fingerprint density at radius 3 is 2.77 bits per heavy atom. The number of ether oxygens (including phenoxy) is 1. The molecule has 1 saturated heterocycles. The first-order valence-corrected chi connectivity index (χ1v) is 12.2. The Hall–Kier alpha value is -3.38. The van der Waals surface area contributed by atoms with Crippen LogP contribution in [0.2, 0.25) is 0 Å². The van der Waals surface area contributed by atoms with E-state index in [-0.39, 0.29) is 13.0 Å². The van der Waals surface area contributed by atoms with Gasteiger partial charge in [0.2, 0.25) is 0 Å². The molecular formula is C29H34N4O2. The van der Waals surface area contributed by atoms with Gasteiger partial charge in [-0.15, -0.1) is 0 Å². The van der Waals surface area contributed by atoms with Gasteiger partial charge in [0.1, 0.15) is 12.4 Å². The molecule has 0 N–H and O–H groups in total. The topological polar surface area (TPSA) is 52.3 Å². The monoisotopic (exact) mass is 470 g/mol. The van der Waals surface area contributed by atoms with E-state index in [1.807, 2.05) is 25.1 Å². The number of aryl methyl sites for hydroxylation is 2. The molecule has 2 aliphatic heterocycles. The first-order chi connectivity index (χ1) is 16.6. The second-order valence-electron chi connectivity index (χ2n) is 9.59. The number of aromatic nitrogens is 3. The maximum absolute atomic E-state index is 13.0. The van der Waals surface area contributed by atoms with Crippen LogP contribution in [0.5, 0.6) is 5.75 Å². The largest absolute Gasteiger partial charge is 0.489 e. The molecule has 0 amide bonds. The molecule has 0 saturated carbocycles. The zero-order chi connectivity index (χ0) is 23.2. The average molecular weight is 471 g/mol. The third-order valence-corrected chi connectivity index (χ3v) is 7.48. The number of piperidine rings is 1. The van der Waals surface area contributed by atoms with Crippen LogP contribution in [0.15, 0.2) is 59.7 Å². The van der Waals surface area contributed by atoms with Crippen LogP contribution in [0.25, 0.3) is 16.6 Å². The lowest BCUT2D eigenvalue weighted by Gasteiger charge is -2.39. The highest BCUT2D eigenvalue weighted by Gasteiger charge is 2.33. The summed E-state index contributed by atoms with van der Waals surface area (Å²) in [4.78, 5) is 19.9. The number of nitrogens with zero attached hydrogens (tertiary/aromatic N) is 4. The molecule has 6 rings (SSSR count). The van der Waals surface area contributed by atoms with Gasteiger partial charge in [-0.05, 0) is 56.1 Å². The molecule has 1 unspecified atom stereocenters. The van der Waals surface area contributed by atoms with Crippen molar-refractivity contribution in [3.05, 3.63) is 87.7 Å². The summed E-state index contributed by atoms with van der Waals surface area (Å²) in [6.45, 7) is 4.70. The van der Waals surface area contributed by atoms with Crippen molar-refractivity contribution in [3.63, 3.8) is 0 Å². The Morgan fingerprint density at radius 2 is 1.97 bits per heavy atom. The first-order valence-electron chi connectivity index (χ1n) is 12.2. The van der Waals surface area contributed by atoms with E-state index in [9.17, 15) is 4.79 Å². The van der Waals surface area contributed by atoms with Gasteiger partial charge in [0.15, 0.2) is 0 Å². The highest BCUT2D eigenvalue weighted by atomic mass is 16.5. The number of fused-ring (bicyclic) bond motifs is 5. The predicted octanol–water partition coefficient (Wildman–Crippen LogP) is 5.33. The fourth-order valence-electron chi connectivity index (χ4n) is 5.68. The van der Waals surface area contributed by atoms with Crippen LogP contribution in [-0.4, -0.2) is 32.1 Å². The third-order valence-electron chi connectivity index (χ3n) is 7.48. The minimum Gasteiger partial charge on any atom is -0.489 e. The fourth-order valence-corrected chi connectivity index (χ4v) is 5.68. The molecular weight excluding hydrogens is 436 g/mol. The van der Waals surface area contributed by atoms with E-state index in [0.717, 1.165) is 29.9 Å². The summed E-state index contributed by atoms with van der Waals surface area (Å²) < 4.78 is 9.87. The van der Waals surface area contributed by atoms with Crippen molar-refractivity contribution < 1.29 is 4.74 Å². The van der Waals surface area contributed by atoms with Gasteiger partial charge < -0.3 is 9.30 Å².